The fourth-order valence-corrected chi connectivity index (χ4v) is 2.91. The van der Waals surface area contributed by atoms with Crippen molar-refractivity contribution in [1.82, 2.24) is 4.90 Å². The zero-order chi connectivity index (χ0) is 14.5. The number of aryl methyl sites for hydroxylation is 1. The van der Waals surface area contributed by atoms with E-state index in [9.17, 15) is 5.11 Å². The number of rotatable bonds is 5. The largest absolute Gasteiger partial charge is 0.493 e. The van der Waals surface area contributed by atoms with E-state index in [0.29, 0.717) is 6.04 Å². The third-order valence-corrected chi connectivity index (χ3v) is 4.31. The third-order valence-electron chi connectivity index (χ3n) is 4.31. The number of piperidine rings is 1. The van der Waals surface area contributed by atoms with Gasteiger partial charge in [0.05, 0.1) is 12.7 Å². The van der Waals surface area contributed by atoms with Gasteiger partial charge in [0.15, 0.2) is 0 Å². The molecule has 0 bridgehead atoms. The van der Waals surface area contributed by atoms with E-state index in [1.54, 1.807) is 6.92 Å². The van der Waals surface area contributed by atoms with Crippen LogP contribution in [0.2, 0.25) is 0 Å². The maximum atomic E-state index is 9.57. The Morgan fingerprint density at radius 2 is 2.20 bits per heavy atom. The lowest BCUT2D eigenvalue weighted by molar-refractivity contribution is 0.153. The van der Waals surface area contributed by atoms with Crippen LogP contribution in [0.25, 0.3) is 0 Å². The van der Waals surface area contributed by atoms with Crippen LogP contribution >= 0.6 is 0 Å². The molecule has 1 N–H and O–H groups in total. The van der Waals surface area contributed by atoms with Crippen molar-refractivity contribution in [1.29, 1.82) is 0 Å². The molecule has 0 spiro atoms. The van der Waals surface area contributed by atoms with E-state index >= 15 is 0 Å². The molecule has 0 amide bonds. The van der Waals surface area contributed by atoms with E-state index < -0.39 is 6.10 Å². The molecule has 2 atom stereocenters. The summed E-state index contributed by atoms with van der Waals surface area (Å²) in [5.74, 6) is 0.938. The number of hydrogen-bond acceptors (Lipinski definition) is 3. The average Bonchev–Trinajstić information content (AvgIpc) is 2.42. The number of aliphatic hydroxyl groups excluding tert-OH is 1. The van der Waals surface area contributed by atoms with Gasteiger partial charge >= 0.3 is 0 Å². The van der Waals surface area contributed by atoms with E-state index in [0.717, 1.165) is 29.9 Å². The highest BCUT2D eigenvalue weighted by molar-refractivity contribution is 5.36. The predicted molar refractivity (Wildman–Crippen MR) is 82.2 cm³/mol. The van der Waals surface area contributed by atoms with Gasteiger partial charge in [-0.25, -0.2) is 0 Å². The van der Waals surface area contributed by atoms with E-state index in [1.165, 1.54) is 25.8 Å². The highest BCUT2D eigenvalue weighted by Gasteiger charge is 2.18. The Kier molecular flexibility index (Phi) is 5.44. The third kappa shape index (κ3) is 3.97. The van der Waals surface area contributed by atoms with Crippen LogP contribution in [-0.4, -0.2) is 36.2 Å². The number of ether oxygens (including phenoxy) is 1. The van der Waals surface area contributed by atoms with Crippen LogP contribution in [0, 0.1) is 6.92 Å². The maximum Gasteiger partial charge on any atom is 0.122 e. The van der Waals surface area contributed by atoms with Gasteiger partial charge in [-0.3, -0.25) is 0 Å². The minimum atomic E-state index is -0.418. The summed E-state index contributed by atoms with van der Waals surface area (Å²) in [7, 11) is 2.21. The molecule has 1 unspecified atom stereocenters. The van der Waals surface area contributed by atoms with Crippen molar-refractivity contribution in [2.24, 2.45) is 0 Å². The van der Waals surface area contributed by atoms with E-state index in [2.05, 4.69) is 11.9 Å². The quantitative estimate of drug-likeness (QED) is 0.896. The molecule has 1 aliphatic heterocycles. The molecule has 0 radical (unpaired) electrons. The topological polar surface area (TPSA) is 32.7 Å². The van der Waals surface area contributed by atoms with Gasteiger partial charge in [0, 0.05) is 6.04 Å². The van der Waals surface area contributed by atoms with Crippen molar-refractivity contribution >= 4 is 0 Å². The lowest BCUT2D eigenvalue weighted by Gasteiger charge is -2.32. The summed E-state index contributed by atoms with van der Waals surface area (Å²) in [6.45, 7) is 5.80. The molecule has 112 valence electrons. The summed E-state index contributed by atoms with van der Waals surface area (Å²) in [5, 5.41) is 9.57. The second-order valence-electron chi connectivity index (χ2n) is 5.97. The smallest absolute Gasteiger partial charge is 0.122 e. The Balaban J connectivity index is 1.84. The van der Waals surface area contributed by atoms with Crippen LogP contribution in [0.5, 0.6) is 5.75 Å². The van der Waals surface area contributed by atoms with Crippen molar-refractivity contribution in [3.8, 4) is 5.75 Å². The van der Waals surface area contributed by atoms with Crippen molar-refractivity contribution < 1.29 is 9.84 Å². The molecular weight excluding hydrogens is 250 g/mol. The summed E-state index contributed by atoms with van der Waals surface area (Å²) in [5.41, 5.74) is 2.04. The SMILES string of the molecule is Cc1cc([C@H](C)O)ccc1OCCC1CCCCN1C. The van der Waals surface area contributed by atoms with Gasteiger partial charge in [-0.15, -0.1) is 0 Å². The highest BCUT2D eigenvalue weighted by Crippen LogP contribution is 2.24. The molecule has 0 aliphatic carbocycles. The van der Waals surface area contributed by atoms with Gasteiger partial charge in [-0.05, 0) is 70.0 Å². The van der Waals surface area contributed by atoms with Gasteiger partial charge < -0.3 is 14.7 Å². The van der Waals surface area contributed by atoms with Crippen molar-refractivity contribution in [2.45, 2.75) is 51.7 Å². The number of nitrogens with zero attached hydrogens (tertiary/aromatic N) is 1. The zero-order valence-corrected chi connectivity index (χ0v) is 12.9. The molecule has 0 aromatic heterocycles. The summed E-state index contributed by atoms with van der Waals surface area (Å²) in [6.07, 6.45) is 4.64. The minimum absolute atomic E-state index is 0.418. The number of hydrogen-bond donors (Lipinski definition) is 1. The Morgan fingerprint density at radius 3 is 2.85 bits per heavy atom. The van der Waals surface area contributed by atoms with Crippen LogP contribution < -0.4 is 4.74 Å². The molecular formula is C17H27NO2. The molecule has 1 fully saturated rings. The fraction of sp³-hybridized carbons (Fsp3) is 0.647. The maximum absolute atomic E-state index is 9.57. The van der Waals surface area contributed by atoms with Crippen LogP contribution in [0.3, 0.4) is 0 Å². The van der Waals surface area contributed by atoms with Crippen molar-refractivity contribution in [3.05, 3.63) is 29.3 Å². The predicted octanol–water partition coefficient (Wildman–Crippen LogP) is 3.30. The molecule has 3 heteroatoms. The summed E-state index contributed by atoms with van der Waals surface area (Å²) < 4.78 is 5.91. The van der Waals surface area contributed by atoms with Gasteiger partial charge in [0.25, 0.3) is 0 Å². The first-order valence-electron chi connectivity index (χ1n) is 7.69. The van der Waals surface area contributed by atoms with Crippen LogP contribution in [0.4, 0.5) is 0 Å². The molecule has 1 heterocycles. The lowest BCUT2D eigenvalue weighted by Crippen LogP contribution is -2.37. The Morgan fingerprint density at radius 1 is 1.40 bits per heavy atom. The monoisotopic (exact) mass is 277 g/mol. The summed E-state index contributed by atoms with van der Waals surface area (Å²) >= 11 is 0. The normalized spacial score (nSPS) is 21.7. The van der Waals surface area contributed by atoms with Gasteiger partial charge in [-0.2, -0.15) is 0 Å². The first-order chi connectivity index (χ1) is 9.58. The molecule has 20 heavy (non-hydrogen) atoms. The first-order valence-corrected chi connectivity index (χ1v) is 7.69. The fourth-order valence-electron chi connectivity index (χ4n) is 2.91. The van der Waals surface area contributed by atoms with Gasteiger partial charge in [0.2, 0.25) is 0 Å². The molecule has 1 aromatic rings. The summed E-state index contributed by atoms with van der Waals surface area (Å²) in [4.78, 5) is 2.45. The van der Waals surface area contributed by atoms with Gasteiger partial charge in [0.1, 0.15) is 5.75 Å². The number of likely N-dealkylation sites (tertiary alicyclic amines) is 1. The highest BCUT2D eigenvalue weighted by atomic mass is 16.5. The van der Waals surface area contributed by atoms with Crippen LogP contribution in [0.15, 0.2) is 18.2 Å². The molecule has 1 aromatic carbocycles. The van der Waals surface area contributed by atoms with Gasteiger partial charge in [-0.1, -0.05) is 12.5 Å². The van der Waals surface area contributed by atoms with E-state index in [1.807, 2.05) is 25.1 Å². The molecule has 1 aliphatic rings. The zero-order valence-electron chi connectivity index (χ0n) is 12.9. The Hall–Kier alpha value is -1.06. The Labute approximate surface area is 122 Å². The number of aliphatic hydroxyl groups is 1. The van der Waals surface area contributed by atoms with Crippen LogP contribution in [0.1, 0.15) is 49.8 Å². The minimum Gasteiger partial charge on any atom is -0.493 e. The standard InChI is InChI=1S/C17H27NO2/c1-13-12-15(14(2)19)7-8-17(13)20-11-9-16-6-4-5-10-18(16)3/h7-8,12,14,16,19H,4-6,9-11H2,1-3H3/t14-,16?/m0/s1. The molecule has 1 saturated heterocycles. The summed E-state index contributed by atoms with van der Waals surface area (Å²) in [6, 6.07) is 6.59. The second kappa shape index (κ2) is 7.09. The second-order valence-corrected chi connectivity index (χ2v) is 5.97. The first kappa shape index (κ1) is 15.3. The molecule has 0 saturated carbocycles. The average molecular weight is 277 g/mol. The molecule has 2 rings (SSSR count). The van der Waals surface area contributed by atoms with Crippen LogP contribution in [-0.2, 0) is 0 Å². The van der Waals surface area contributed by atoms with Crippen molar-refractivity contribution in [3.63, 3.8) is 0 Å². The lowest BCUT2D eigenvalue weighted by atomic mass is 10.0. The van der Waals surface area contributed by atoms with E-state index in [4.69, 9.17) is 4.74 Å². The van der Waals surface area contributed by atoms with Crippen molar-refractivity contribution in [2.75, 3.05) is 20.2 Å². The molecule has 3 nitrogen and oxygen atoms in total. The number of benzene rings is 1. The Bertz CT molecular complexity index is 431. The van der Waals surface area contributed by atoms with E-state index in [-0.39, 0.29) is 0 Å².